The van der Waals surface area contributed by atoms with Gasteiger partial charge < -0.3 is 14.4 Å². The van der Waals surface area contributed by atoms with Crippen molar-refractivity contribution in [3.05, 3.63) is 36.4 Å². The second-order valence-electron chi connectivity index (χ2n) is 4.06. The van der Waals surface area contributed by atoms with Gasteiger partial charge in [-0.1, -0.05) is 18.7 Å². The Morgan fingerprint density at radius 2 is 2.21 bits per heavy atom. The predicted octanol–water partition coefficient (Wildman–Crippen LogP) is 1.53. The molecule has 5 heteroatoms. The minimum absolute atomic E-state index is 0.0346. The van der Waals surface area contributed by atoms with Crippen LogP contribution in [0.5, 0.6) is 5.75 Å². The third kappa shape index (κ3) is 2.76. The van der Waals surface area contributed by atoms with Crippen molar-refractivity contribution in [1.82, 2.24) is 0 Å². The molecule has 0 spiro atoms. The second-order valence-corrected chi connectivity index (χ2v) is 4.06. The highest BCUT2D eigenvalue weighted by Gasteiger charge is 2.26. The van der Waals surface area contributed by atoms with Crippen molar-refractivity contribution in [2.45, 2.75) is 6.92 Å². The van der Waals surface area contributed by atoms with Gasteiger partial charge in [-0.3, -0.25) is 4.79 Å². The molecule has 0 unspecified atom stereocenters. The van der Waals surface area contributed by atoms with Crippen molar-refractivity contribution in [2.24, 2.45) is 0 Å². The Morgan fingerprint density at radius 3 is 2.95 bits per heavy atom. The van der Waals surface area contributed by atoms with E-state index in [1.54, 1.807) is 25.1 Å². The van der Waals surface area contributed by atoms with Gasteiger partial charge in [0.2, 0.25) is 0 Å². The van der Waals surface area contributed by atoms with E-state index >= 15 is 0 Å². The summed E-state index contributed by atoms with van der Waals surface area (Å²) in [6.07, 6.45) is 0. The topological polar surface area (TPSA) is 55.8 Å². The molecular weight excluding hydrogens is 246 g/mol. The molecule has 5 nitrogen and oxygen atoms in total. The molecule has 1 aliphatic rings. The fourth-order valence-corrected chi connectivity index (χ4v) is 1.82. The maximum atomic E-state index is 11.9. The van der Waals surface area contributed by atoms with Crippen molar-refractivity contribution in [2.75, 3.05) is 24.7 Å². The molecule has 0 bridgehead atoms. The number of hydrogen-bond donors (Lipinski definition) is 0. The van der Waals surface area contributed by atoms with Gasteiger partial charge in [-0.05, 0) is 19.1 Å². The minimum Gasteiger partial charge on any atom is -0.482 e. The van der Waals surface area contributed by atoms with Gasteiger partial charge in [0.1, 0.15) is 5.75 Å². The molecule has 1 heterocycles. The summed E-state index contributed by atoms with van der Waals surface area (Å²) in [5.41, 5.74) is 0.885. The Kier molecular flexibility index (Phi) is 3.85. The SMILES string of the molecule is C=C(CN1C(=O)COc2ccccc21)C(=O)OCC. The molecular formula is C14H15NO4. The Balaban J connectivity index is 2.18. The highest BCUT2D eigenvalue weighted by molar-refractivity contribution is 6.00. The quantitative estimate of drug-likeness (QED) is 0.609. The van der Waals surface area contributed by atoms with E-state index < -0.39 is 5.97 Å². The van der Waals surface area contributed by atoms with Crippen LogP contribution in [-0.2, 0) is 14.3 Å². The maximum absolute atomic E-state index is 11.9. The molecule has 1 aromatic carbocycles. The lowest BCUT2D eigenvalue weighted by atomic mass is 10.2. The number of fused-ring (bicyclic) bond motifs is 1. The second kappa shape index (κ2) is 5.56. The summed E-state index contributed by atoms with van der Waals surface area (Å²) in [5.74, 6) is -0.0674. The lowest BCUT2D eigenvalue weighted by molar-refractivity contribution is -0.138. The third-order valence-corrected chi connectivity index (χ3v) is 2.72. The predicted molar refractivity (Wildman–Crippen MR) is 70.1 cm³/mol. The Morgan fingerprint density at radius 1 is 1.47 bits per heavy atom. The van der Waals surface area contributed by atoms with Gasteiger partial charge in [0.05, 0.1) is 18.8 Å². The van der Waals surface area contributed by atoms with E-state index in [2.05, 4.69) is 6.58 Å². The average molecular weight is 261 g/mol. The van der Waals surface area contributed by atoms with Gasteiger partial charge >= 0.3 is 5.97 Å². The molecule has 1 aromatic rings. The molecule has 0 fully saturated rings. The standard InChI is InChI=1S/C14H15NO4/c1-3-18-14(17)10(2)8-15-11-6-4-5-7-12(11)19-9-13(15)16/h4-7H,2-3,8-9H2,1H3. The van der Waals surface area contributed by atoms with E-state index in [0.29, 0.717) is 11.4 Å². The Hall–Kier alpha value is -2.30. The Bertz CT molecular complexity index is 524. The van der Waals surface area contributed by atoms with Gasteiger partial charge in [0.25, 0.3) is 5.91 Å². The highest BCUT2D eigenvalue weighted by atomic mass is 16.5. The zero-order valence-electron chi connectivity index (χ0n) is 10.7. The van der Waals surface area contributed by atoms with Crippen LogP contribution in [0.4, 0.5) is 5.69 Å². The summed E-state index contributed by atoms with van der Waals surface area (Å²) in [4.78, 5) is 24.9. The number of para-hydroxylation sites is 2. The van der Waals surface area contributed by atoms with Gasteiger partial charge in [-0.15, -0.1) is 0 Å². The fraction of sp³-hybridized carbons (Fsp3) is 0.286. The molecule has 1 amide bonds. The lowest BCUT2D eigenvalue weighted by Gasteiger charge is -2.29. The van der Waals surface area contributed by atoms with Crippen molar-refractivity contribution in [3.8, 4) is 5.75 Å². The van der Waals surface area contributed by atoms with E-state index in [1.807, 2.05) is 6.07 Å². The number of rotatable bonds is 4. The number of carbonyl (C=O) groups is 2. The van der Waals surface area contributed by atoms with E-state index in [9.17, 15) is 9.59 Å². The molecule has 1 aliphatic heterocycles. The average Bonchev–Trinajstić information content (AvgIpc) is 2.42. The van der Waals surface area contributed by atoms with Gasteiger partial charge in [-0.25, -0.2) is 4.79 Å². The molecule has 0 radical (unpaired) electrons. The van der Waals surface area contributed by atoms with Crippen LogP contribution in [0.25, 0.3) is 0 Å². The summed E-state index contributed by atoms with van der Waals surface area (Å²) in [6.45, 7) is 5.75. The third-order valence-electron chi connectivity index (χ3n) is 2.72. The van der Waals surface area contributed by atoms with Crippen LogP contribution < -0.4 is 9.64 Å². The first-order chi connectivity index (χ1) is 9.13. The molecule has 0 aromatic heterocycles. The van der Waals surface area contributed by atoms with Crippen molar-refractivity contribution < 1.29 is 19.1 Å². The first-order valence-electron chi connectivity index (χ1n) is 6.00. The smallest absolute Gasteiger partial charge is 0.335 e. The molecule has 0 atom stereocenters. The molecule has 0 saturated carbocycles. The number of ether oxygens (including phenoxy) is 2. The van der Waals surface area contributed by atoms with Crippen molar-refractivity contribution in [1.29, 1.82) is 0 Å². The summed E-state index contributed by atoms with van der Waals surface area (Å²) in [7, 11) is 0. The summed E-state index contributed by atoms with van der Waals surface area (Å²) < 4.78 is 10.2. The minimum atomic E-state index is -0.487. The van der Waals surface area contributed by atoms with E-state index in [4.69, 9.17) is 9.47 Å². The summed E-state index contributed by atoms with van der Waals surface area (Å²) >= 11 is 0. The Labute approximate surface area is 111 Å². The number of hydrogen-bond acceptors (Lipinski definition) is 4. The van der Waals surface area contributed by atoms with Crippen LogP contribution in [0.1, 0.15) is 6.92 Å². The van der Waals surface area contributed by atoms with Crippen molar-refractivity contribution >= 4 is 17.6 Å². The fourth-order valence-electron chi connectivity index (χ4n) is 1.82. The van der Waals surface area contributed by atoms with Crippen molar-refractivity contribution in [3.63, 3.8) is 0 Å². The molecule has 0 saturated heterocycles. The summed E-state index contributed by atoms with van der Waals surface area (Å²) in [6, 6.07) is 7.18. The lowest BCUT2D eigenvalue weighted by Crippen LogP contribution is -2.40. The number of esters is 1. The van der Waals surface area contributed by atoms with Gasteiger partial charge in [0.15, 0.2) is 6.61 Å². The largest absolute Gasteiger partial charge is 0.482 e. The number of nitrogens with zero attached hydrogens (tertiary/aromatic N) is 1. The van der Waals surface area contributed by atoms with Crippen LogP contribution in [0.2, 0.25) is 0 Å². The van der Waals surface area contributed by atoms with Crippen LogP contribution >= 0.6 is 0 Å². The van der Waals surface area contributed by atoms with Crippen LogP contribution in [-0.4, -0.2) is 31.6 Å². The first-order valence-corrected chi connectivity index (χ1v) is 6.00. The normalized spacial score (nSPS) is 13.5. The number of amides is 1. The van der Waals surface area contributed by atoms with Crippen LogP contribution in [0.3, 0.4) is 0 Å². The molecule has 0 N–H and O–H groups in total. The molecule has 19 heavy (non-hydrogen) atoms. The number of carbonyl (C=O) groups excluding carboxylic acids is 2. The van der Waals surface area contributed by atoms with Gasteiger partial charge in [-0.2, -0.15) is 0 Å². The molecule has 2 rings (SSSR count). The van der Waals surface area contributed by atoms with Crippen LogP contribution in [0.15, 0.2) is 36.4 Å². The zero-order valence-corrected chi connectivity index (χ0v) is 10.7. The molecule has 100 valence electrons. The monoisotopic (exact) mass is 261 g/mol. The van der Waals surface area contributed by atoms with Crippen LogP contribution in [0, 0.1) is 0 Å². The van der Waals surface area contributed by atoms with E-state index in [-0.39, 0.29) is 31.2 Å². The maximum Gasteiger partial charge on any atom is 0.335 e. The van der Waals surface area contributed by atoms with E-state index in [0.717, 1.165) is 0 Å². The molecule has 0 aliphatic carbocycles. The first kappa shape index (κ1) is 13.1. The van der Waals surface area contributed by atoms with E-state index in [1.165, 1.54) is 4.90 Å². The zero-order chi connectivity index (χ0) is 13.8. The highest BCUT2D eigenvalue weighted by Crippen LogP contribution is 2.31. The number of benzene rings is 1. The van der Waals surface area contributed by atoms with Gasteiger partial charge in [0, 0.05) is 5.57 Å². The number of anilines is 1. The summed E-state index contributed by atoms with van der Waals surface area (Å²) in [5, 5.41) is 0.